The molecule has 4 heteroatoms. The number of rotatable bonds is 3. The summed E-state index contributed by atoms with van der Waals surface area (Å²) in [4.78, 5) is 7.49. The Morgan fingerprint density at radius 1 is 1.30 bits per heavy atom. The third kappa shape index (κ3) is 2.77. The molecule has 0 atom stereocenters. The fraction of sp³-hybridized carbons (Fsp3) is 0.812. The van der Waals surface area contributed by atoms with Crippen molar-refractivity contribution in [3.63, 3.8) is 0 Å². The highest BCUT2D eigenvalue weighted by atomic mass is 15.2. The van der Waals surface area contributed by atoms with E-state index >= 15 is 0 Å². The van der Waals surface area contributed by atoms with Gasteiger partial charge in [-0.05, 0) is 45.7 Å². The minimum absolute atomic E-state index is 0.697. The second-order valence-corrected chi connectivity index (χ2v) is 6.68. The maximum Gasteiger partial charge on any atom is 0.109 e. The summed E-state index contributed by atoms with van der Waals surface area (Å²) in [7, 11) is 2.20. The number of hydrogen-bond donors (Lipinski definition) is 1. The van der Waals surface area contributed by atoms with Crippen LogP contribution in [0.4, 0.5) is 0 Å². The van der Waals surface area contributed by atoms with Gasteiger partial charge in [0.2, 0.25) is 0 Å². The van der Waals surface area contributed by atoms with Gasteiger partial charge in [0.05, 0.1) is 5.69 Å². The van der Waals surface area contributed by atoms with Crippen LogP contribution >= 0.6 is 0 Å². The number of aromatic nitrogens is 2. The van der Waals surface area contributed by atoms with Gasteiger partial charge in [0.15, 0.2) is 0 Å². The lowest BCUT2D eigenvalue weighted by Crippen LogP contribution is -2.39. The van der Waals surface area contributed by atoms with Gasteiger partial charge in [-0.15, -0.1) is 0 Å². The van der Waals surface area contributed by atoms with Crippen molar-refractivity contribution in [1.29, 1.82) is 0 Å². The van der Waals surface area contributed by atoms with Crippen molar-refractivity contribution >= 4 is 0 Å². The van der Waals surface area contributed by atoms with Crippen molar-refractivity contribution < 1.29 is 0 Å². The minimum Gasteiger partial charge on any atom is -0.335 e. The summed E-state index contributed by atoms with van der Waals surface area (Å²) in [5.41, 5.74) is 2.74. The lowest BCUT2D eigenvalue weighted by molar-refractivity contribution is 0.148. The van der Waals surface area contributed by atoms with Crippen molar-refractivity contribution in [2.75, 3.05) is 19.6 Å². The first kappa shape index (κ1) is 14.1. The SMILES string of the molecule is CC(C)N1CCC(Cc2nc3c(n2C)CCNC3)CC1. The highest BCUT2D eigenvalue weighted by Crippen LogP contribution is 2.24. The van der Waals surface area contributed by atoms with Crippen molar-refractivity contribution in [1.82, 2.24) is 19.8 Å². The minimum atomic E-state index is 0.697. The zero-order valence-electron chi connectivity index (χ0n) is 13.2. The van der Waals surface area contributed by atoms with Gasteiger partial charge in [0, 0.05) is 44.7 Å². The average Bonchev–Trinajstić information content (AvgIpc) is 2.77. The van der Waals surface area contributed by atoms with E-state index in [1.54, 1.807) is 0 Å². The Kier molecular flexibility index (Phi) is 4.13. The Balaban J connectivity index is 1.63. The Labute approximate surface area is 122 Å². The molecule has 2 aliphatic rings. The van der Waals surface area contributed by atoms with Crippen LogP contribution in [0.1, 0.15) is 43.9 Å². The van der Waals surface area contributed by atoms with Crippen LogP contribution in [0, 0.1) is 5.92 Å². The molecule has 2 aliphatic heterocycles. The molecule has 4 nitrogen and oxygen atoms in total. The number of nitrogens with one attached hydrogen (secondary N) is 1. The third-order valence-electron chi connectivity index (χ3n) is 5.07. The summed E-state index contributed by atoms with van der Waals surface area (Å²) in [5.74, 6) is 2.13. The standard InChI is InChI=1S/C16H28N4/c1-12(2)20-8-5-13(6-9-20)10-16-18-14-11-17-7-4-15(14)19(16)3/h12-13,17H,4-11H2,1-3H3. The molecule has 0 unspecified atom stereocenters. The second-order valence-electron chi connectivity index (χ2n) is 6.68. The van der Waals surface area contributed by atoms with Gasteiger partial charge in [-0.1, -0.05) is 0 Å². The molecule has 3 heterocycles. The van der Waals surface area contributed by atoms with E-state index in [-0.39, 0.29) is 0 Å². The zero-order valence-corrected chi connectivity index (χ0v) is 13.2. The van der Waals surface area contributed by atoms with E-state index in [0.717, 1.165) is 31.8 Å². The molecular formula is C16H28N4. The molecule has 0 aliphatic carbocycles. The molecule has 0 radical (unpaired) electrons. The molecule has 1 saturated heterocycles. The largest absolute Gasteiger partial charge is 0.335 e. The molecule has 0 spiro atoms. The second kappa shape index (κ2) is 5.86. The number of imidazole rings is 1. The topological polar surface area (TPSA) is 33.1 Å². The smallest absolute Gasteiger partial charge is 0.109 e. The van der Waals surface area contributed by atoms with E-state index in [0.29, 0.717) is 6.04 Å². The van der Waals surface area contributed by atoms with Crippen LogP contribution < -0.4 is 5.32 Å². The van der Waals surface area contributed by atoms with Crippen molar-refractivity contribution in [2.45, 2.75) is 52.1 Å². The number of fused-ring (bicyclic) bond motifs is 1. The monoisotopic (exact) mass is 276 g/mol. The average molecular weight is 276 g/mol. The quantitative estimate of drug-likeness (QED) is 0.913. The predicted molar refractivity (Wildman–Crippen MR) is 81.8 cm³/mol. The summed E-state index contributed by atoms with van der Waals surface area (Å²) in [6.07, 6.45) is 4.95. The van der Waals surface area contributed by atoms with Gasteiger partial charge in [-0.2, -0.15) is 0 Å². The van der Waals surface area contributed by atoms with Gasteiger partial charge in [-0.25, -0.2) is 4.98 Å². The Bertz CT molecular complexity index is 455. The molecule has 0 aromatic carbocycles. The van der Waals surface area contributed by atoms with Gasteiger partial charge in [0.1, 0.15) is 5.82 Å². The number of nitrogens with zero attached hydrogens (tertiary/aromatic N) is 3. The van der Waals surface area contributed by atoms with E-state index in [1.165, 1.54) is 43.1 Å². The Morgan fingerprint density at radius 3 is 2.70 bits per heavy atom. The Hall–Kier alpha value is -0.870. The number of likely N-dealkylation sites (tertiary alicyclic amines) is 1. The van der Waals surface area contributed by atoms with E-state index in [1.807, 2.05) is 0 Å². The first-order valence-electron chi connectivity index (χ1n) is 8.13. The van der Waals surface area contributed by atoms with Crippen molar-refractivity contribution in [3.8, 4) is 0 Å². The molecule has 1 aromatic rings. The summed E-state index contributed by atoms with van der Waals surface area (Å²) < 4.78 is 2.37. The van der Waals surface area contributed by atoms with E-state index in [2.05, 4.69) is 35.7 Å². The van der Waals surface area contributed by atoms with E-state index in [4.69, 9.17) is 4.98 Å². The highest BCUT2D eigenvalue weighted by Gasteiger charge is 2.24. The van der Waals surface area contributed by atoms with Gasteiger partial charge in [0.25, 0.3) is 0 Å². The molecule has 0 amide bonds. The molecule has 0 saturated carbocycles. The third-order valence-corrected chi connectivity index (χ3v) is 5.07. The van der Waals surface area contributed by atoms with Crippen LogP contribution in [0.5, 0.6) is 0 Å². The predicted octanol–water partition coefficient (Wildman–Crippen LogP) is 1.73. The Morgan fingerprint density at radius 2 is 2.05 bits per heavy atom. The molecule has 1 N–H and O–H groups in total. The van der Waals surface area contributed by atoms with Crippen LogP contribution in [-0.2, 0) is 26.4 Å². The molecule has 112 valence electrons. The first-order valence-corrected chi connectivity index (χ1v) is 8.13. The molecular weight excluding hydrogens is 248 g/mol. The first-order chi connectivity index (χ1) is 9.65. The molecule has 1 aromatic heterocycles. The van der Waals surface area contributed by atoms with E-state index < -0.39 is 0 Å². The van der Waals surface area contributed by atoms with Crippen LogP contribution in [0.2, 0.25) is 0 Å². The summed E-state index contributed by atoms with van der Waals surface area (Å²) in [5, 5.41) is 3.42. The zero-order chi connectivity index (χ0) is 14.1. The van der Waals surface area contributed by atoms with E-state index in [9.17, 15) is 0 Å². The fourth-order valence-corrected chi connectivity index (χ4v) is 3.63. The van der Waals surface area contributed by atoms with Crippen molar-refractivity contribution in [2.24, 2.45) is 13.0 Å². The molecule has 0 bridgehead atoms. The van der Waals surface area contributed by atoms with Crippen LogP contribution in [0.3, 0.4) is 0 Å². The molecule has 1 fully saturated rings. The summed E-state index contributed by atoms with van der Waals surface area (Å²) in [6.45, 7) is 9.18. The maximum atomic E-state index is 4.89. The van der Waals surface area contributed by atoms with Crippen LogP contribution in [0.15, 0.2) is 0 Å². The van der Waals surface area contributed by atoms with Crippen LogP contribution in [-0.4, -0.2) is 40.1 Å². The lowest BCUT2D eigenvalue weighted by Gasteiger charge is -2.34. The van der Waals surface area contributed by atoms with Gasteiger partial charge < -0.3 is 14.8 Å². The summed E-state index contributed by atoms with van der Waals surface area (Å²) in [6, 6.07) is 0.697. The summed E-state index contributed by atoms with van der Waals surface area (Å²) >= 11 is 0. The van der Waals surface area contributed by atoms with Crippen LogP contribution in [0.25, 0.3) is 0 Å². The molecule has 20 heavy (non-hydrogen) atoms. The number of hydrogen-bond acceptors (Lipinski definition) is 3. The molecule has 3 rings (SSSR count). The normalized spacial score (nSPS) is 21.4. The van der Waals surface area contributed by atoms with Gasteiger partial charge >= 0.3 is 0 Å². The van der Waals surface area contributed by atoms with Gasteiger partial charge in [-0.3, -0.25) is 0 Å². The number of piperidine rings is 1. The van der Waals surface area contributed by atoms with Crippen molar-refractivity contribution in [3.05, 3.63) is 17.2 Å². The fourth-order valence-electron chi connectivity index (χ4n) is 3.63. The maximum absolute atomic E-state index is 4.89. The highest BCUT2D eigenvalue weighted by molar-refractivity contribution is 5.20. The lowest BCUT2D eigenvalue weighted by atomic mass is 9.92.